The number of halogens is 5. The normalized spacial score (nSPS) is 11.4. The van der Waals surface area contributed by atoms with Crippen LogP contribution < -0.4 is 10.1 Å². The Balaban J connectivity index is 1.58. The highest BCUT2D eigenvalue weighted by atomic mass is 32.2. The maximum Gasteiger partial charge on any atom is 0.416 e. The van der Waals surface area contributed by atoms with Crippen molar-refractivity contribution in [1.82, 2.24) is 15.0 Å². The molecule has 0 spiro atoms. The summed E-state index contributed by atoms with van der Waals surface area (Å²) in [6, 6.07) is 13.4. The molecule has 1 heterocycles. The van der Waals surface area contributed by atoms with Crippen LogP contribution in [-0.2, 0) is 18.5 Å². The molecule has 11 heteroatoms. The highest BCUT2D eigenvalue weighted by molar-refractivity contribution is 7.97. The SMILES string of the molecule is CSCc1cccc(Nc2ncnc(-c3ccc(F)cc3OCc3cc(F)cc(C(F)(F)F)c3)n2)c1. The molecule has 0 atom stereocenters. The summed E-state index contributed by atoms with van der Waals surface area (Å²) in [6.07, 6.45) is -1.44. The van der Waals surface area contributed by atoms with Crippen LogP contribution in [0.15, 0.2) is 67.0 Å². The van der Waals surface area contributed by atoms with Crippen molar-refractivity contribution in [3.05, 3.63) is 95.3 Å². The third-order valence-corrected chi connectivity index (χ3v) is 5.55. The summed E-state index contributed by atoms with van der Waals surface area (Å²) < 4.78 is 72.4. The van der Waals surface area contributed by atoms with Crippen LogP contribution >= 0.6 is 11.8 Å². The minimum atomic E-state index is -4.72. The molecule has 1 N–H and O–H groups in total. The van der Waals surface area contributed by atoms with E-state index >= 15 is 0 Å². The van der Waals surface area contributed by atoms with E-state index in [1.807, 2.05) is 30.5 Å². The topological polar surface area (TPSA) is 59.9 Å². The minimum absolute atomic E-state index is 0.0214. The lowest BCUT2D eigenvalue weighted by Crippen LogP contribution is -2.08. The monoisotopic (exact) mass is 518 g/mol. The second-order valence-corrected chi connectivity index (χ2v) is 8.53. The quantitative estimate of drug-likeness (QED) is 0.253. The summed E-state index contributed by atoms with van der Waals surface area (Å²) in [6.45, 7) is -0.435. The van der Waals surface area contributed by atoms with Gasteiger partial charge in [-0.05, 0) is 59.8 Å². The van der Waals surface area contributed by atoms with Gasteiger partial charge in [0.25, 0.3) is 0 Å². The molecule has 0 unspecified atom stereocenters. The van der Waals surface area contributed by atoms with Gasteiger partial charge in [-0.25, -0.2) is 18.7 Å². The van der Waals surface area contributed by atoms with Gasteiger partial charge in [-0.2, -0.15) is 29.9 Å². The molecule has 4 aromatic rings. The number of thioether (sulfide) groups is 1. The van der Waals surface area contributed by atoms with E-state index < -0.39 is 30.0 Å². The first kappa shape index (κ1) is 25.4. The van der Waals surface area contributed by atoms with E-state index in [0.29, 0.717) is 6.07 Å². The molecule has 0 amide bonds. The summed E-state index contributed by atoms with van der Waals surface area (Å²) >= 11 is 1.69. The first-order chi connectivity index (χ1) is 17.2. The number of hydrogen-bond acceptors (Lipinski definition) is 6. The molecule has 5 nitrogen and oxygen atoms in total. The molecule has 0 fully saturated rings. The molecule has 186 valence electrons. The van der Waals surface area contributed by atoms with Crippen LogP contribution in [-0.4, -0.2) is 21.2 Å². The lowest BCUT2D eigenvalue weighted by atomic mass is 10.1. The van der Waals surface area contributed by atoms with E-state index in [0.717, 1.165) is 35.2 Å². The Morgan fingerprint density at radius 1 is 0.917 bits per heavy atom. The zero-order valence-corrected chi connectivity index (χ0v) is 19.6. The van der Waals surface area contributed by atoms with Gasteiger partial charge in [-0.15, -0.1) is 0 Å². The number of nitrogens with zero attached hydrogens (tertiary/aromatic N) is 3. The average molecular weight is 519 g/mol. The van der Waals surface area contributed by atoms with Crippen LogP contribution in [0.3, 0.4) is 0 Å². The number of rotatable bonds is 8. The van der Waals surface area contributed by atoms with Gasteiger partial charge in [0.1, 0.15) is 30.3 Å². The summed E-state index contributed by atoms with van der Waals surface area (Å²) in [5.74, 6) is -0.495. The van der Waals surface area contributed by atoms with Gasteiger partial charge >= 0.3 is 6.18 Å². The number of benzene rings is 3. The van der Waals surface area contributed by atoms with Gasteiger partial charge in [-0.1, -0.05) is 12.1 Å². The third kappa shape index (κ3) is 6.48. The highest BCUT2D eigenvalue weighted by Gasteiger charge is 2.31. The molecule has 0 aliphatic rings. The van der Waals surface area contributed by atoms with Crippen LogP contribution in [0.1, 0.15) is 16.7 Å². The van der Waals surface area contributed by atoms with E-state index in [4.69, 9.17) is 4.74 Å². The van der Waals surface area contributed by atoms with Gasteiger partial charge in [-0.3, -0.25) is 0 Å². The van der Waals surface area contributed by atoms with E-state index in [-0.39, 0.29) is 28.6 Å². The maximum atomic E-state index is 14.0. The van der Waals surface area contributed by atoms with Crippen molar-refractivity contribution in [2.45, 2.75) is 18.5 Å². The standard InChI is InChI=1S/C25H19F5N4OS/c1-36-13-15-3-2-4-20(9-15)33-24-32-14-31-23(34-24)21-6-5-18(26)11-22(21)35-12-16-7-17(25(28,29)30)10-19(27)8-16/h2-11,14H,12-13H2,1H3,(H,31,32,33,34). The van der Waals surface area contributed by atoms with E-state index in [9.17, 15) is 22.0 Å². The van der Waals surface area contributed by atoms with Crippen molar-refractivity contribution in [2.75, 3.05) is 11.6 Å². The van der Waals surface area contributed by atoms with Crippen molar-refractivity contribution in [1.29, 1.82) is 0 Å². The minimum Gasteiger partial charge on any atom is -0.488 e. The second-order valence-electron chi connectivity index (χ2n) is 7.67. The molecule has 36 heavy (non-hydrogen) atoms. The number of ether oxygens (including phenoxy) is 1. The Kier molecular flexibility index (Phi) is 7.68. The lowest BCUT2D eigenvalue weighted by Gasteiger charge is -2.13. The Morgan fingerprint density at radius 3 is 2.53 bits per heavy atom. The average Bonchev–Trinajstić information content (AvgIpc) is 2.83. The van der Waals surface area contributed by atoms with Crippen LogP contribution in [0.4, 0.5) is 33.6 Å². The lowest BCUT2D eigenvalue weighted by molar-refractivity contribution is -0.137. The number of anilines is 2. The summed E-state index contributed by atoms with van der Waals surface area (Å²) in [5, 5.41) is 3.09. The van der Waals surface area contributed by atoms with Gasteiger partial charge in [0.05, 0.1) is 11.1 Å². The first-order valence-electron chi connectivity index (χ1n) is 10.5. The van der Waals surface area contributed by atoms with Crippen LogP contribution in [0.2, 0.25) is 0 Å². The molecule has 0 bridgehead atoms. The van der Waals surface area contributed by atoms with Crippen molar-refractivity contribution < 1.29 is 26.7 Å². The van der Waals surface area contributed by atoms with Crippen molar-refractivity contribution >= 4 is 23.4 Å². The third-order valence-electron chi connectivity index (χ3n) is 4.93. The van der Waals surface area contributed by atoms with Crippen LogP contribution in [0.5, 0.6) is 5.75 Å². The fourth-order valence-corrected chi connectivity index (χ4v) is 3.89. The van der Waals surface area contributed by atoms with Crippen LogP contribution in [0.25, 0.3) is 11.4 Å². The molecule has 0 radical (unpaired) electrons. The fourth-order valence-electron chi connectivity index (χ4n) is 3.38. The first-order valence-corrected chi connectivity index (χ1v) is 11.9. The van der Waals surface area contributed by atoms with Crippen LogP contribution in [0, 0.1) is 11.6 Å². The van der Waals surface area contributed by atoms with E-state index in [1.54, 1.807) is 11.8 Å². The number of aromatic nitrogens is 3. The zero-order chi connectivity index (χ0) is 25.7. The van der Waals surface area contributed by atoms with E-state index in [1.165, 1.54) is 18.5 Å². The molecule has 4 rings (SSSR count). The second kappa shape index (κ2) is 10.9. The Hall–Kier alpha value is -3.73. The predicted molar refractivity (Wildman–Crippen MR) is 128 cm³/mol. The van der Waals surface area contributed by atoms with Gasteiger partial charge < -0.3 is 10.1 Å². The smallest absolute Gasteiger partial charge is 0.416 e. The number of hydrogen-bond donors (Lipinski definition) is 1. The summed E-state index contributed by atoms with van der Waals surface area (Å²) in [5.41, 5.74) is 0.948. The van der Waals surface area contributed by atoms with Crippen molar-refractivity contribution in [3.8, 4) is 17.1 Å². The molecular formula is C25H19F5N4OS. The van der Waals surface area contributed by atoms with Gasteiger partial charge in [0, 0.05) is 17.5 Å². The van der Waals surface area contributed by atoms with Gasteiger partial charge in [0.15, 0.2) is 5.82 Å². The Labute approximate surface area is 207 Å². The summed E-state index contributed by atoms with van der Waals surface area (Å²) in [7, 11) is 0. The molecule has 0 aliphatic carbocycles. The van der Waals surface area contributed by atoms with Gasteiger partial charge in [0.2, 0.25) is 5.95 Å². The van der Waals surface area contributed by atoms with E-state index in [2.05, 4.69) is 20.3 Å². The molecule has 0 aliphatic heterocycles. The Morgan fingerprint density at radius 2 is 1.75 bits per heavy atom. The predicted octanol–water partition coefficient (Wildman–Crippen LogP) is 7.02. The largest absolute Gasteiger partial charge is 0.488 e. The molecule has 0 saturated carbocycles. The number of nitrogens with one attached hydrogen (secondary N) is 1. The van der Waals surface area contributed by atoms with Crippen molar-refractivity contribution in [3.63, 3.8) is 0 Å². The molecule has 3 aromatic carbocycles. The van der Waals surface area contributed by atoms with Crippen molar-refractivity contribution in [2.24, 2.45) is 0 Å². The fraction of sp³-hybridized carbons (Fsp3) is 0.160. The molecule has 0 saturated heterocycles. The molecular weight excluding hydrogens is 499 g/mol. The number of alkyl halides is 3. The summed E-state index contributed by atoms with van der Waals surface area (Å²) in [4.78, 5) is 12.6. The Bertz CT molecular complexity index is 1370. The maximum absolute atomic E-state index is 14.0. The molecule has 1 aromatic heterocycles. The highest BCUT2D eigenvalue weighted by Crippen LogP contribution is 2.32. The zero-order valence-electron chi connectivity index (χ0n) is 18.8.